The van der Waals surface area contributed by atoms with Crippen LogP contribution in [-0.2, 0) is 11.3 Å². The van der Waals surface area contributed by atoms with Crippen LogP contribution in [0.25, 0.3) is 0 Å². The van der Waals surface area contributed by atoms with E-state index in [1.165, 1.54) is 0 Å². The topological polar surface area (TPSA) is 45.2 Å². The highest BCUT2D eigenvalue weighted by Gasteiger charge is 2.09. The van der Waals surface area contributed by atoms with E-state index in [1.54, 1.807) is 30.3 Å². The zero-order valence-corrected chi connectivity index (χ0v) is 12.0. The Morgan fingerprint density at radius 3 is 2.62 bits per heavy atom. The van der Waals surface area contributed by atoms with E-state index < -0.39 is 0 Å². The van der Waals surface area contributed by atoms with E-state index in [9.17, 15) is 4.79 Å². The highest BCUT2D eigenvalue weighted by molar-refractivity contribution is 7.09. The summed E-state index contributed by atoms with van der Waals surface area (Å²) in [6, 6.07) is 0. The zero-order chi connectivity index (χ0) is 10.6. The van der Waals surface area contributed by atoms with Crippen LogP contribution in [0.15, 0.2) is 5.38 Å². The number of carbonyl (C=O) groups is 1. The van der Waals surface area contributed by atoms with Gasteiger partial charge in [0.15, 0.2) is 0 Å². The number of nitrogens with zero attached hydrogens (tertiary/aromatic N) is 2. The second-order valence-corrected chi connectivity index (χ2v) is 4.20. The van der Waals surface area contributed by atoms with Crippen molar-refractivity contribution in [3.05, 3.63) is 16.1 Å². The van der Waals surface area contributed by atoms with Crippen LogP contribution in [0, 0.1) is 6.92 Å². The van der Waals surface area contributed by atoms with Gasteiger partial charge in [-0.1, -0.05) is 0 Å². The molecule has 0 unspecified atom stereocenters. The number of amides is 1. The summed E-state index contributed by atoms with van der Waals surface area (Å²) in [5.74, 6) is 0.0816. The van der Waals surface area contributed by atoms with Crippen molar-refractivity contribution in [3.63, 3.8) is 0 Å². The van der Waals surface area contributed by atoms with Gasteiger partial charge in [0, 0.05) is 12.4 Å². The van der Waals surface area contributed by atoms with Crippen molar-refractivity contribution in [3.8, 4) is 0 Å². The van der Waals surface area contributed by atoms with Crippen molar-refractivity contribution in [1.82, 2.24) is 15.2 Å². The third-order valence-electron chi connectivity index (χ3n) is 1.82. The number of rotatable bonds is 4. The summed E-state index contributed by atoms with van der Waals surface area (Å²) in [5, 5.41) is 5.85. The van der Waals surface area contributed by atoms with Gasteiger partial charge in [-0.25, -0.2) is 4.98 Å². The Morgan fingerprint density at radius 1 is 1.56 bits per heavy atom. The Balaban J connectivity index is 0. The number of carbonyl (C=O) groups excluding carboxylic acids is 1. The van der Waals surface area contributed by atoms with Gasteiger partial charge in [-0.05, 0) is 14.0 Å². The van der Waals surface area contributed by atoms with Gasteiger partial charge in [-0.2, -0.15) is 0 Å². The first-order valence-corrected chi connectivity index (χ1v) is 5.31. The molecule has 1 aromatic rings. The summed E-state index contributed by atoms with van der Waals surface area (Å²) >= 11 is 1.61. The summed E-state index contributed by atoms with van der Waals surface area (Å²) in [6.07, 6.45) is 0. The van der Waals surface area contributed by atoms with Gasteiger partial charge >= 0.3 is 0 Å². The molecule has 0 bridgehead atoms. The molecule has 0 saturated heterocycles. The molecule has 0 fully saturated rings. The molecule has 1 heterocycles. The van der Waals surface area contributed by atoms with Crippen LogP contribution in [0.4, 0.5) is 0 Å². The monoisotopic (exact) mass is 285 g/mol. The van der Waals surface area contributed by atoms with Crippen LogP contribution in [0.3, 0.4) is 0 Å². The van der Waals surface area contributed by atoms with Gasteiger partial charge in [0.05, 0.1) is 23.8 Å². The standard InChI is InChI=1S/C9H15N3OS.2ClH/c1-7-11-8(6-14-7)5-12(3)9(13)4-10-2;;/h6,10H,4-5H2,1-3H3;2*1H. The highest BCUT2D eigenvalue weighted by Crippen LogP contribution is 2.09. The Labute approximate surface area is 112 Å². The maximum absolute atomic E-state index is 11.4. The lowest BCUT2D eigenvalue weighted by molar-refractivity contribution is -0.129. The molecule has 7 heteroatoms. The van der Waals surface area contributed by atoms with E-state index in [1.807, 2.05) is 12.3 Å². The first kappa shape index (κ1) is 18.0. The molecule has 0 spiro atoms. The molecule has 1 rings (SSSR count). The number of nitrogens with one attached hydrogen (secondary N) is 1. The second-order valence-electron chi connectivity index (χ2n) is 3.14. The summed E-state index contributed by atoms with van der Waals surface area (Å²) in [7, 11) is 3.55. The van der Waals surface area contributed by atoms with E-state index in [4.69, 9.17) is 0 Å². The lowest BCUT2D eigenvalue weighted by Crippen LogP contribution is -2.33. The van der Waals surface area contributed by atoms with Crippen LogP contribution in [0.2, 0.25) is 0 Å². The van der Waals surface area contributed by atoms with Crippen LogP contribution in [0.1, 0.15) is 10.7 Å². The predicted octanol–water partition coefficient (Wildman–Crippen LogP) is 1.47. The van der Waals surface area contributed by atoms with E-state index in [0.717, 1.165) is 10.7 Å². The van der Waals surface area contributed by atoms with Crippen molar-refractivity contribution < 1.29 is 4.79 Å². The average molecular weight is 286 g/mol. The molecular formula is C9H17Cl2N3OS. The number of hydrogen-bond donors (Lipinski definition) is 1. The first-order valence-electron chi connectivity index (χ1n) is 4.43. The molecule has 0 aliphatic rings. The molecule has 0 aliphatic heterocycles. The summed E-state index contributed by atoms with van der Waals surface area (Å²) in [5.41, 5.74) is 0.958. The van der Waals surface area contributed by atoms with E-state index >= 15 is 0 Å². The van der Waals surface area contributed by atoms with Crippen LogP contribution in [0.5, 0.6) is 0 Å². The summed E-state index contributed by atoms with van der Waals surface area (Å²) < 4.78 is 0. The quantitative estimate of drug-likeness (QED) is 0.911. The molecule has 4 nitrogen and oxygen atoms in total. The largest absolute Gasteiger partial charge is 0.339 e. The maximum Gasteiger partial charge on any atom is 0.236 e. The lowest BCUT2D eigenvalue weighted by Gasteiger charge is -2.15. The Bertz CT molecular complexity index is 319. The molecule has 1 N–H and O–H groups in total. The van der Waals surface area contributed by atoms with Crippen molar-refractivity contribution in [2.75, 3.05) is 20.6 Å². The summed E-state index contributed by atoms with van der Waals surface area (Å²) in [6.45, 7) is 2.92. The average Bonchev–Trinajstić information content (AvgIpc) is 2.51. The Morgan fingerprint density at radius 2 is 2.19 bits per heavy atom. The normalized spacial score (nSPS) is 8.94. The third kappa shape index (κ3) is 5.65. The van der Waals surface area contributed by atoms with Gasteiger partial charge in [-0.3, -0.25) is 4.79 Å². The Hall–Kier alpha value is -0.360. The fraction of sp³-hybridized carbons (Fsp3) is 0.556. The van der Waals surface area contributed by atoms with Gasteiger partial charge in [0.2, 0.25) is 5.91 Å². The van der Waals surface area contributed by atoms with Crippen molar-refractivity contribution in [1.29, 1.82) is 0 Å². The molecule has 0 radical (unpaired) electrons. The predicted molar refractivity (Wildman–Crippen MR) is 71.7 cm³/mol. The van der Waals surface area contributed by atoms with E-state index in [2.05, 4.69) is 10.3 Å². The highest BCUT2D eigenvalue weighted by atomic mass is 35.5. The van der Waals surface area contributed by atoms with Gasteiger partial charge in [0.25, 0.3) is 0 Å². The molecule has 0 aromatic carbocycles. The van der Waals surface area contributed by atoms with E-state index in [-0.39, 0.29) is 30.7 Å². The minimum absolute atomic E-state index is 0. The molecule has 0 saturated carbocycles. The molecule has 0 atom stereocenters. The fourth-order valence-electron chi connectivity index (χ4n) is 1.10. The van der Waals surface area contributed by atoms with Crippen LogP contribution in [-0.4, -0.2) is 36.4 Å². The van der Waals surface area contributed by atoms with Crippen molar-refractivity contribution in [2.45, 2.75) is 13.5 Å². The number of halogens is 2. The molecule has 94 valence electrons. The van der Waals surface area contributed by atoms with Crippen LogP contribution >= 0.6 is 36.2 Å². The molecule has 16 heavy (non-hydrogen) atoms. The maximum atomic E-state index is 11.4. The van der Waals surface area contributed by atoms with Gasteiger partial charge in [0.1, 0.15) is 0 Å². The number of thiazole rings is 1. The third-order valence-corrected chi connectivity index (χ3v) is 2.64. The molecular weight excluding hydrogens is 269 g/mol. The smallest absolute Gasteiger partial charge is 0.236 e. The van der Waals surface area contributed by atoms with Gasteiger partial charge < -0.3 is 10.2 Å². The minimum atomic E-state index is 0. The fourth-order valence-corrected chi connectivity index (χ4v) is 1.70. The van der Waals surface area contributed by atoms with Crippen molar-refractivity contribution in [2.24, 2.45) is 0 Å². The molecule has 1 amide bonds. The Kier molecular flexibility index (Phi) is 9.86. The number of aryl methyl sites for hydroxylation is 1. The number of aromatic nitrogens is 1. The minimum Gasteiger partial charge on any atom is -0.339 e. The summed E-state index contributed by atoms with van der Waals surface area (Å²) in [4.78, 5) is 17.4. The number of likely N-dealkylation sites (N-methyl/N-ethyl adjacent to an activating group) is 2. The van der Waals surface area contributed by atoms with Crippen molar-refractivity contribution >= 4 is 42.1 Å². The van der Waals surface area contributed by atoms with Gasteiger partial charge in [-0.15, -0.1) is 36.2 Å². The molecule has 1 aromatic heterocycles. The number of hydrogen-bond acceptors (Lipinski definition) is 4. The van der Waals surface area contributed by atoms with Crippen LogP contribution < -0.4 is 5.32 Å². The lowest BCUT2D eigenvalue weighted by atomic mass is 10.4. The SMILES string of the molecule is CNCC(=O)N(C)Cc1csc(C)n1.Cl.Cl. The molecule has 0 aliphatic carbocycles. The van der Waals surface area contributed by atoms with E-state index in [0.29, 0.717) is 13.1 Å². The zero-order valence-electron chi connectivity index (χ0n) is 9.52. The second kappa shape index (κ2) is 8.75. The first-order chi connectivity index (χ1) is 6.63.